The number of amides is 3. The maximum Gasteiger partial charge on any atom is 0.294 e. The molecule has 0 radical (unpaired) electrons. The van der Waals surface area contributed by atoms with Gasteiger partial charge in [-0.25, -0.2) is 0 Å². The van der Waals surface area contributed by atoms with Gasteiger partial charge >= 0.3 is 0 Å². The summed E-state index contributed by atoms with van der Waals surface area (Å²) in [6, 6.07) is 7.08. The molecule has 1 aromatic carbocycles. The second-order valence-electron chi connectivity index (χ2n) is 5.38. The van der Waals surface area contributed by atoms with Crippen LogP contribution in [0.3, 0.4) is 0 Å². The average molecular weight is 351 g/mol. The van der Waals surface area contributed by atoms with E-state index in [-0.39, 0.29) is 17.4 Å². The SMILES string of the molecule is O=C(CN1C(=O)S/C(=C\c2ccccc2Cl)C1=O)N1CCCC1. The fourth-order valence-corrected chi connectivity index (χ4v) is 3.59. The summed E-state index contributed by atoms with van der Waals surface area (Å²) in [6.45, 7) is 1.21. The highest BCUT2D eigenvalue weighted by atomic mass is 35.5. The Labute approximate surface area is 143 Å². The van der Waals surface area contributed by atoms with Crippen LogP contribution in [0, 0.1) is 0 Å². The Morgan fingerprint density at radius 3 is 2.61 bits per heavy atom. The summed E-state index contributed by atoms with van der Waals surface area (Å²) in [5, 5.41) is 0.0910. The van der Waals surface area contributed by atoms with Gasteiger partial charge in [-0.15, -0.1) is 0 Å². The summed E-state index contributed by atoms with van der Waals surface area (Å²) in [7, 11) is 0. The molecule has 0 bridgehead atoms. The quantitative estimate of drug-likeness (QED) is 0.786. The third-order valence-corrected chi connectivity index (χ3v) is 5.07. The van der Waals surface area contributed by atoms with Crippen molar-refractivity contribution in [2.45, 2.75) is 12.8 Å². The van der Waals surface area contributed by atoms with Crippen LogP contribution < -0.4 is 0 Å². The number of nitrogens with zero attached hydrogens (tertiary/aromatic N) is 2. The van der Waals surface area contributed by atoms with E-state index in [0.717, 1.165) is 29.5 Å². The largest absolute Gasteiger partial charge is 0.341 e. The number of rotatable bonds is 3. The Morgan fingerprint density at radius 2 is 1.91 bits per heavy atom. The van der Waals surface area contributed by atoms with E-state index in [1.807, 2.05) is 0 Å². The van der Waals surface area contributed by atoms with Crippen LogP contribution in [0.25, 0.3) is 6.08 Å². The molecule has 2 heterocycles. The van der Waals surface area contributed by atoms with Gasteiger partial charge in [0.1, 0.15) is 6.54 Å². The third kappa shape index (κ3) is 3.43. The van der Waals surface area contributed by atoms with Crippen LogP contribution in [0.4, 0.5) is 4.79 Å². The molecule has 7 heteroatoms. The molecule has 0 spiro atoms. The van der Waals surface area contributed by atoms with Gasteiger partial charge in [-0.1, -0.05) is 29.8 Å². The molecule has 120 valence electrons. The van der Waals surface area contributed by atoms with E-state index in [9.17, 15) is 14.4 Å². The Balaban J connectivity index is 1.75. The molecule has 0 aromatic heterocycles. The summed E-state index contributed by atoms with van der Waals surface area (Å²) < 4.78 is 0. The number of hydrogen-bond acceptors (Lipinski definition) is 4. The van der Waals surface area contributed by atoms with Crippen molar-refractivity contribution < 1.29 is 14.4 Å². The molecule has 0 N–H and O–H groups in total. The Bertz CT molecular complexity index is 698. The first-order chi connectivity index (χ1) is 11.1. The topological polar surface area (TPSA) is 57.7 Å². The smallest absolute Gasteiger partial charge is 0.294 e. The van der Waals surface area contributed by atoms with Crippen LogP contribution in [0.15, 0.2) is 29.2 Å². The number of thioether (sulfide) groups is 1. The monoisotopic (exact) mass is 350 g/mol. The highest BCUT2D eigenvalue weighted by molar-refractivity contribution is 8.18. The molecule has 2 fully saturated rings. The van der Waals surface area contributed by atoms with Crippen molar-refractivity contribution >= 4 is 46.5 Å². The summed E-state index contributed by atoms with van der Waals surface area (Å²) in [5.74, 6) is -0.615. The van der Waals surface area contributed by atoms with Gasteiger partial charge in [-0.2, -0.15) is 0 Å². The van der Waals surface area contributed by atoms with Crippen molar-refractivity contribution in [1.82, 2.24) is 9.80 Å². The van der Waals surface area contributed by atoms with Crippen LogP contribution in [0.1, 0.15) is 18.4 Å². The molecule has 2 saturated heterocycles. The minimum atomic E-state index is -0.438. The summed E-state index contributed by atoms with van der Waals surface area (Å²) in [6.07, 6.45) is 3.54. The first-order valence-corrected chi connectivity index (χ1v) is 8.53. The van der Waals surface area contributed by atoms with Gasteiger partial charge < -0.3 is 4.90 Å². The van der Waals surface area contributed by atoms with Gasteiger partial charge in [0.05, 0.1) is 4.91 Å². The number of carbonyl (C=O) groups excluding carboxylic acids is 3. The fourth-order valence-electron chi connectivity index (χ4n) is 2.57. The van der Waals surface area contributed by atoms with E-state index in [0.29, 0.717) is 23.7 Å². The van der Waals surface area contributed by atoms with Crippen molar-refractivity contribution in [3.63, 3.8) is 0 Å². The van der Waals surface area contributed by atoms with Crippen molar-refractivity contribution in [1.29, 1.82) is 0 Å². The predicted octanol–water partition coefficient (Wildman–Crippen LogP) is 3.00. The Hall–Kier alpha value is -1.79. The molecule has 5 nitrogen and oxygen atoms in total. The van der Waals surface area contributed by atoms with E-state index in [4.69, 9.17) is 11.6 Å². The second kappa shape index (κ2) is 6.76. The lowest BCUT2D eigenvalue weighted by atomic mass is 10.2. The summed E-state index contributed by atoms with van der Waals surface area (Å²) >= 11 is 6.91. The van der Waals surface area contributed by atoms with E-state index < -0.39 is 11.1 Å². The Kier molecular flexibility index (Phi) is 4.73. The molecule has 0 aliphatic carbocycles. The van der Waals surface area contributed by atoms with Crippen LogP contribution in [-0.4, -0.2) is 46.5 Å². The third-order valence-electron chi connectivity index (χ3n) is 3.82. The number of carbonyl (C=O) groups is 3. The fraction of sp³-hybridized carbons (Fsp3) is 0.312. The molecule has 3 rings (SSSR count). The maximum atomic E-state index is 12.4. The molecule has 0 unspecified atom stereocenters. The standard InChI is InChI=1S/C16H15ClN2O3S/c17-12-6-2-1-5-11(12)9-13-15(21)19(16(22)23-13)10-14(20)18-7-3-4-8-18/h1-2,5-6,9H,3-4,7-8,10H2/b13-9-. The Morgan fingerprint density at radius 1 is 1.22 bits per heavy atom. The van der Waals surface area contributed by atoms with Gasteiger partial charge in [-0.3, -0.25) is 19.3 Å². The van der Waals surface area contributed by atoms with Crippen molar-refractivity contribution in [3.8, 4) is 0 Å². The van der Waals surface area contributed by atoms with Crippen molar-refractivity contribution in [2.75, 3.05) is 19.6 Å². The van der Waals surface area contributed by atoms with Gasteiger partial charge in [0.25, 0.3) is 11.1 Å². The normalized spacial score (nSPS) is 20.0. The molecule has 23 heavy (non-hydrogen) atoms. The predicted molar refractivity (Wildman–Crippen MR) is 89.9 cm³/mol. The number of benzene rings is 1. The van der Waals surface area contributed by atoms with Gasteiger partial charge in [-0.05, 0) is 42.3 Å². The maximum absolute atomic E-state index is 12.4. The van der Waals surface area contributed by atoms with E-state index in [1.54, 1.807) is 35.2 Å². The lowest BCUT2D eigenvalue weighted by Crippen LogP contribution is -2.40. The summed E-state index contributed by atoms with van der Waals surface area (Å²) in [5.41, 5.74) is 0.672. The minimum Gasteiger partial charge on any atom is -0.341 e. The van der Waals surface area contributed by atoms with Crippen LogP contribution >= 0.6 is 23.4 Å². The van der Waals surface area contributed by atoms with Crippen LogP contribution in [0.5, 0.6) is 0 Å². The first-order valence-electron chi connectivity index (χ1n) is 7.34. The molecule has 1 aromatic rings. The molecular weight excluding hydrogens is 336 g/mol. The molecule has 2 aliphatic heterocycles. The van der Waals surface area contributed by atoms with E-state index in [1.165, 1.54) is 0 Å². The van der Waals surface area contributed by atoms with Crippen LogP contribution in [0.2, 0.25) is 5.02 Å². The van der Waals surface area contributed by atoms with Gasteiger partial charge in [0, 0.05) is 18.1 Å². The molecule has 0 atom stereocenters. The first kappa shape index (κ1) is 16.1. The molecule has 3 amide bonds. The zero-order valence-corrected chi connectivity index (χ0v) is 13.9. The van der Waals surface area contributed by atoms with Gasteiger partial charge in [0.15, 0.2) is 0 Å². The highest BCUT2D eigenvalue weighted by Crippen LogP contribution is 2.33. The number of hydrogen-bond donors (Lipinski definition) is 0. The lowest BCUT2D eigenvalue weighted by Gasteiger charge is -2.18. The number of halogens is 1. The number of imide groups is 1. The van der Waals surface area contributed by atoms with E-state index in [2.05, 4.69) is 0 Å². The zero-order chi connectivity index (χ0) is 16.4. The average Bonchev–Trinajstić information content (AvgIpc) is 3.14. The van der Waals surface area contributed by atoms with Crippen LogP contribution in [-0.2, 0) is 9.59 Å². The van der Waals surface area contributed by atoms with Crippen molar-refractivity contribution in [2.24, 2.45) is 0 Å². The lowest BCUT2D eigenvalue weighted by molar-refractivity contribution is -0.135. The highest BCUT2D eigenvalue weighted by Gasteiger charge is 2.37. The molecule has 2 aliphatic rings. The van der Waals surface area contributed by atoms with E-state index >= 15 is 0 Å². The zero-order valence-electron chi connectivity index (χ0n) is 12.3. The number of likely N-dealkylation sites (tertiary alicyclic amines) is 1. The second-order valence-corrected chi connectivity index (χ2v) is 6.78. The van der Waals surface area contributed by atoms with Crippen molar-refractivity contribution in [3.05, 3.63) is 39.8 Å². The van der Waals surface area contributed by atoms with Gasteiger partial charge in [0.2, 0.25) is 5.91 Å². The summed E-state index contributed by atoms with van der Waals surface area (Å²) in [4.78, 5) is 39.6. The molecular formula is C16H15ClN2O3S. The molecule has 0 saturated carbocycles. The minimum absolute atomic E-state index is 0.177.